The molecule has 0 saturated heterocycles. The molecule has 1 heterocycles. The summed E-state index contributed by atoms with van der Waals surface area (Å²) >= 11 is 0. The molecule has 0 bridgehead atoms. The molecule has 2 rings (SSSR count). The highest BCUT2D eigenvalue weighted by molar-refractivity contribution is 5.85. The molecule has 0 aliphatic rings. The van der Waals surface area contributed by atoms with E-state index in [-0.39, 0.29) is 0 Å². The fourth-order valence-electron chi connectivity index (χ4n) is 1.79. The van der Waals surface area contributed by atoms with Crippen LogP contribution in [0.5, 0.6) is 0 Å². The minimum absolute atomic E-state index is 0.567. The second-order valence-corrected chi connectivity index (χ2v) is 4.02. The third-order valence-corrected chi connectivity index (χ3v) is 2.53. The van der Waals surface area contributed by atoms with Gasteiger partial charge in [-0.2, -0.15) is 26.3 Å². The topological polar surface area (TPSA) is 44.9 Å². The molecule has 0 radical (unpaired) electrons. The highest BCUT2D eigenvalue weighted by atomic mass is 19.4. The Hall–Kier alpha value is -2.26. The maximum absolute atomic E-state index is 13.3. The molecule has 0 atom stereocenters. The molecule has 0 amide bonds. The Bertz CT molecular complexity index is 745. The number of nitrogens with one attached hydrogen (secondary N) is 2. The van der Waals surface area contributed by atoms with Crippen molar-refractivity contribution >= 4 is 16.6 Å². The molecule has 0 unspecified atom stereocenters. The van der Waals surface area contributed by atoms with Gasteiger partial charge in [0.25, 0.3) is 5.56 Å². The molecule has 0 saturated carbocycles. The second kappa shape index (κ2) is 4.64. The molecule has 2 N–H and O–H groups in total. The Balaban J connectivity index is 2.71. The fourth-order valence-corrected chi connectivity index (χ4v) is 1.79. The number of anilines is 1. The number of halogens is 7. The van der Waals surface area contributed by atoms with Gasteiger partial charge in [0.2, 0.25) is 5.82 Å². The third kappa shape index (κ3) is 3.09. The highest BCUT2D eigenvalue weighted by Gasteiger charge is 2.38. The van der Waals surface area contributed by atoms with Gasteiger partial charge in [0.15, 0.2) is 0 Å². The first-order valence-electron chi connectivity index (χ1n) is 5.27. The van der Waals surface area contributed by atoms with E-state index < -0.39 is 46.0 Å². The Morgan fingerprint density at radius 3 is 2.19 bits per heavy atom. The van der Waals surface area contributed by atoms with Crippen LogP contribution in [-0.4, -0.2) is 11.3 Å². The molecule has 21 heavy (non-hydrogen) atoms. The van der Waals surface area contributed by atoms with E-state index in [9.17, 15) is 35.5 Å². The lowest BCUT2D eigenvalue weighted by molar-refractivity contribution is -0.138. The quantitative estimate of drug-likeness (QED) is 0.624. The van der Waals surface area contributed by atoms with Gasteiger partial charge in [0, 0.05) is 11.1 Å². The molecule has 0 fully saturated rings. The van der Waals surface area contributed by atoms with Crippen molar-refractivity contribution in [3.63, 3.8) is 0 Å². The van der Waals surface area contributed by atoms with Gasteiger partial charge in [0.1, 0.15) is 5.56 Å². The van der Waals surface area contributed by atoms with E-state index in [0.29, 0.717) is 18.2 Å². The van der Waals surface area contributed by atoms with E-state index in [1.807, 2.05) is 0 Å². The zero-order valence-electron chi connectivity index (χ0n) is 9.79. The van der Waals surface area contributed by atoms with Crippen LogP contribution in [0.15, 0.2) is 23.0 Å². The van der Waals surface area contributed by atoms with E-state index >= 15 is 0 Å². The maximum Gasteiger partial charge on any atom is 0.482 e. The molecule has 0 aliphatic carbocycles. The van der Waals surface area contributed by atoms with Gasteiger partial charge in [-0.1, -0.05) is 6.07 Å². The standard InChI is InChI=1S/C11H5F7N2O/c12-8-7(10(13,14)15)5-2-1-4(20-11(16,17)18)3-6(5)19-9(8)21/h1-3,20H,(H,19,21). The van der Waals surface area contributed by atoms with Crippen LogP contribution < -0.4 is 10.9 Å². The molecule has 0 aliphatic heterocycles. The minimum Gasteiger partial charge on any atom is -0.319 e. The zero-order chi connectivity index (χ0) is 16.0. The third-order valence-electron chi connectivity index (χ3n) is 2.53. The number of benzene rings is 1. The van der Waals surface area contributed by atoms with Gasteiger partial charge in [-0.3, -0.25) is 10.1 Å². The van der Waals surface area contributed by atoms with Crippen molar-refractivity contribution in [3.8, 4) is 0 Å². The summed E-state index contributed by atoms with van der Waals surface area (Å²) in [5, 5.41) is 0.325. The average molecular weight is 314 g/mol. The van der Waals surface area contributed by atoms with Gasteiger partial charge < -0.3 is 4.98 Å². The van der Waals surface area contributed by atoms with E-state index in [1.54, 1.807) is 4.98 Å². The van der Waals surface area contributed by atoms with Gasteiger partial charge in [-0.05, 0) is 12.1 Å². The van der Waals surface area contributed by atoms with Crippen molar-refractivity contribution < 1.29 is 30.7 Å². The van der Waals surface area contributed by atoms with Crippen molar-refractivity contribution in [2.45, 2.75) is 12.5 Å². The summed E-state index contributed by atoms with van der Waals surface area (Å²) in [6.45, 7) is 0. The van der Waals surface area contributed by atoms with Crippen LogP contribution in [0.25, 0.3) is 10.9 Å². The van der Waals surface area contributed by atoms with Gasteiger partial charge in [-0.15, -0.1) is 0 Å². The second-order valence-electron chi connectivity index (χ2n) is 4.02. The van der Waals surface area contributed by atoms with Crippen LogP contribution >= 0.6 is 0 Å². The first-order chi connectivity index (χ1) is 9.49. The summed E-state index contributed by atoms with van der Waals surface area (Å²) < 4.78 is 88.0. The van der Waals surface area contributed by atoms with Gasteiger partial charge in [0.05, 0.1) is 5.52 Å². The highest BCUT2D eigenvalue weighted by Crippen LogP contribution is 2.36. The summed E-state index contributed by atoms with van der Waals surface area (Å²) in [6.07, 6.45) is -9.96. The van der Waals surface area contributed by atoms with Crippen molar-refractivity contribution in [2.24, 2.45) is 0 Å². The maximum atomic E-state index is 13.3. The summed E-state index contributed by atoms with van der Waals surface area (Å²) in [7, 11) is 0. The molecular weight excluding hydrogens is 309 g/mol. The molecule has 10 heteroatoms. The number of aromatic amines is 1. The lowest BCUT2D eigenvalue weighted by Gasteiger charge is -2.13. The zero-order valence-corrected chi connectivity index (χ0v) is 9.79. The predicted octanol–water partition coefficient (Wildman–Crippen LogP) is 3.62. The molecular formula is C11H5F7N2O. The predicted molar refractivity (Wildman–Crippen MR) is 59.2 cm³/mol. The van der Waals surface area contributed by atoms with Crippen molar-refractivity contribution in [1.29, 1.82) is 0 Å². The van der Waals surface area contributed by atoms with Crippen LogP contribution in [-0.2, 0) is 6.18 Å². The summed E-state index contributed by atoms with van der Waals surface area (Å²) in [5.74, 6) is -2.04. The Morgan fingerprint density at radius 2 is 1.67 bits per heavy atom. The number of fused-ring (bicyclic) bond motifs is 1. The van der Waals surface area contributed by atoms with E-state index in [4.69, 9.17) is 0 Å². The molecule has 2 aromatic rings. The number of aromatic nitrogens is 1. The smallest absolute Gasteiger partial charge is 0.319 e. The van der Waals surface area contributed by atoms with Crippen LogP contribution in [0.3, 0.4) is 0 Å². The summed E-state index contributed by atoms with van der Waals surface area (Å²) in [4.78, 5) is 12.9. The summed E-state index contributed by atoms with van der Waals surface area (Å²) in [6, 6.07) is 1.98. The molecule has 0 spiro atoms. The number of hydrogen-bond donors (Lipinski definition) is 2. The van der Waals surface area contributed by atoms with E-state index in [0.717, 1.165) is 5.32 Å². The minimum atomic E-state index is -5.16. The number of alkyl halides is 6. The molecule has 3 nitrogen and oxygen atoms in total. The molecule has 1 aromatic carbocycles. The number of rotatable bonds is 1. The first kappa shape index (κ1) is 15.1. The summed E-state index contributed by atoms with van der Waals surface area (Å²) in [5.41, 5.74) is -4.65. The van der Waals surface area contributed by atoms with Crippen molar-refractivity contribution in [2.75, 3.05) is 5.32 Å². The lowest BCUT2D eigenvalue weighted by atomic mass is 10.1. The lowest BCUT2D eigenvalue weighted by Crippen LogP contribution is -2.22. The van der Waals surface area contributed by atoms with E-state index in [2.05, 4.69) is 0 Å². The SMILES string of the molecule is O=c1[nH]c2cc(NC(F)(F)F)ccc2c(C(F)(F)F)c1F. The van der Waals surface area contributed by atoms with E-state index in [1.165, 1.54) is 0 Å². The number of hydrogen-bond acceptors (Lipinski definition) is 2. The number of H-pyrrole nitrogens is 1. The van der Waals surface area contributed by atoms with Gasteiger partial charge >= 0.3 is 12.5 Å². The fraction of sp³-hybridized carbons (Fsp3) is 0.182. The number of pyridine rings is 1. The van der Waals surface area contributed by atoms with Crippen LogP contribution in [0.2, 0.25) is 0 Å². The van der Waals surface area contributed by atoms with Crippen molar-refractivity contribution in [3.05, 3.63) is 39.9 Å². The van der Waals surface area contributed by atoms with Crippen LogP contribution in [0.1, 0.15) is 5.56 Å². The molecule has 114 valence electrons. The Labute approximate surface area is 111 Å². The normalized spacial score (nSPS) is 12.7. The average Bonchev–Trinajstić information content (AvgIpc) is 2.27. The molecule has 1 aromatic heterocycles. The van der Waals surface area contributed by atoms with Gasteiger partial charge in [-0.25, -0.2) is 4.39 Å². The largest absolute Gasteiger partial charge is 0.482 e. The van der Waals surface area contributed by atoms with Crippen molar-refractivity contribution in [1.82, 2.24) is 4.98 Å². The Kier molecular flexibility index (Phi) is 3.34. The Morgan fingerprint density at radius 1 is 1.05 bits per heavy atom. The first-order valence-corrected chi connectivity index (χ1v) is 5.27. The van der Waals surface area contributed by atoms with Crippen LogP contribution in [0, 0.1) is 5.82 Å². The van der Waals surface area contributed by atoms with Crippen LogP contribution in [0.4, 0.5) is 36.4 Å². The monoisotopic (exact) mass is 314 g/mol.